The number of aryl methyl sites for hydroxylation is 1. The van der Waals surface area contributed by atoms with E-state index >= 15 is 0 Å². The Labute approximate surface area is 176 Å². The molecule has 1 fully saturated rings. The lowest BCUT2D eigenvalue weighted by Gasteiger charge is -2.37. The highest BCUT2D eigenvalue weighted by Gasteiger charge is 2.39. The van der Waals surface area contributed by atoms with Gasteiger partial charge in [0.1, 0.15) is 6.04 Å². The molecule has 1 N–H and O–H groups in total. The summed E-state index contributed by atoms with van der Waals surface area (Å²) in [5.41, 5.74) is 1.94. The van der Waals surface area contributed by atoms with Crippen molar-refractivity contribution in [2.75, 3.05) is 0 Å². The Balaban J connectivity index is 2.05. The molecule has 0 aliphatic heterocycles. The van der Waals surface area contributed by atoms with Crippen LogP contribution in [0.2, 0.25) is 0 Å². The lowest BCUT2D eigenvalue weighted by Crippen LogP contribution is -2.51. The third-order valence-corrected chi connectivity index (χ3v) is 5.76. The third-order valence-electron chi connectivity index (χ3n) is 5.26. The monoisotopic (exact) mass is 414 g/mol. The summed E-state index contributed by atoms with van der Waals surface area (Å²) in [4.78, 5) is 28.7. The molecule has 3 rings (SSSR count). The van der Waals surface area contributed by atoms with E-state index < -0.39 is 11.6 Å². The van der Waals surface area contributed by atoms with E-state index in [0.717, 1.165) is 49.2 Å². The summed E-state index contributed by atoms with van der Waals surface area (Å²) in [5, 5.41) is 8.73. The molecular formula is C22H30N4O2S. The zero-order valence-corrected chi connectivity index (χ0v) is 18.5. The first kappa shape index (κ1) is 21.4. The number of hydrogen-bond acceptors (Lipinski definition) is 5. The van der Waals surface area contributed by atoms with Gasteiger partial charge < -0.3 is 10.2 Å². The van der Waals surface area contributed by atoms with Crippen molar-refractivity contribution in [2.24, 2.45) is 0 Å². The maximum absolute atomic E-state index is 13.5. The predicted molar refractivity (Wildman–Crippen MR) is 115 cm³/mol. The van der Waals surface area contributed by atoms with E-state index in [2.05, 4.69) is 21.8 Å². The van der Waals surface area contributed by atoms with Crippen LogP contribution in [0.1, 0.15) is 81.0 Å². The van der Waals surface area contributed by atoms with Crippen LogP contribution < -0.4 is 5.32 Å². The SMILES string of the molecule is CCc1ccc([C@H](C(=O)NC(C)(C)C)N(C(=O)c2csnn2)C2CCCC2)cc1. The Morgan fingerprint density at radius 3 is 2.38 bits per heavy atom. The highest BCUT2D eigenvalue weighted by atomic mass is 32.1. The van der Waals surface area contributed by atoms with Gasteiger partial charge in [0.15, 0.2) is 5.69 Å². The van der Waals surface area contributed by atoms with Crippen LogP contribution in [0.3, 0.4) is 0 Å². The molecule has 2 amide bonds. The van der Waals surface area contributed by atoms with E-state index in [0.29, 0.717) is 5.69 Å². The van der Waals surface area contributed by atoms with Crippen molar-refractivity contribution in [2.45, 2.75) is 77.4 Å². The normalized spacial score (nSPS) is 15.9. The zero-order chi connectivity index (χ0) is 21.0. The van der Waals surface area contributed by atoms with Crippen LogP contribution in [-0.2, 0) is 11.2 Å². The second-order valence-corrected chi connectivity index (χ2v) is 9.29. The number of carbonyl (C=O) groups is 2. The van der Waals surface area contributed by atoms with Gasteiger partial charge in [-0.15, -0.1) is 5.10 Å². The fraction of sp³-hybridized carbons (Fsp3) is 0.545. The standard InChI is InChI=1S/C22H30N4O2S/c1-5-15-10-12-16(13-11-15)19(20(27)23-22(2,3)4)26(17-8-6-7-9-17)21(28)18-14-29-25-24-18/h10-14,17,19H,5-9H2,1-4H3,(H,23,27)/t19-/m1/s1. The zero-order valence-electron chi connectivity index (χ0n) is 17.6. The molecule has 0 spiro atoms. The molecule has 1 saturated carbocycles. The fourth-order valence-corrected chi connectivity index (χ4v) is 4.31. The number of benzene rings is 1. The van der Waals surface area contributed by atoms with Gasteiger partial charge >= 0.3 is 0 Å². The summed E-state index contributed by atoms with van der Waals surface area (Å²) in [7, 11) is 0. The number of hydrogen-bond donors (Lipinski definition) is 1. The quantitative estimate of drug-likeness (QED) is 0.771. The van der Waals surface area contributed by atoms with Gasteiger partial charge in [-0.3, -0.25) is 9.59 Å². The lowest BCUT2D eigenvalue weighted by molar-refractivity contribution is -0.128. The fourth-order valence-electron chi connectivity index (χ4n) is 3.88. The Kier molecular flexibility index (Phi) is 6.67. The van der Waals surface area contributed by atoms with E-state index in [-0.39, 0.29) is 17.9 Å². The average Bonchev–Trinajstić information content (AvgIpc) is 3.38. The second-order valence-electron chi connectivity index (χ2n) is 8.68. The maximum atomic E-state index is 13.5. The van der Waals surface area contributed by atoms with Crippen molar-refractivity contribution in [3.63, 3.8) is 0 Å². The summed E-state index contributed by atoms with van der Waals surface area (Å²) < 4.78 is 3.85. The van der Waals surface area contributed by atoms with Gasteiger partial charge in [0.25, 0.3) is 5.91 Å². The van der Waals surface area contributed by atoms with Crippen LogP contribution >= 0.6 is 11.5 Å². The van der Waals surface area contributed by atoms with E-state index in [1.807, 2.05) is 45.0 Å². The van der Waals surface area contributed by atoms with Crippen LogP contribution in [0.4, 0.5) is 0 Å². The molecule has 1 heterocycles. The summed E-state index contributed by atoms with van der Waals surface area (Å²) in [6, 6.07) is 7.34. The number of carbonyl (C=O) groups excluding carboxylic acids is 2. The molecule has 7 heteroatoms. The topological polar surface area (TPSA) is 75.2 Å². The van der Waals surface area contributed by atoms with Crippen LogP contribution in [0.25, 0.3) is 0 Å². The van der Waals surface area contributed by atoms with Crippen LogP contribution in [0.5, 0.6) is 0 Å². The molecule has 1 aliphatic rings. The molecule has 0 unspecified atom stereocenters. The second kappa shape index (κ2) is 9.03. The molecule has 1 atom stereocenters. The van der Waals surface area contributed by atoms with Gasteiger partial charge in [-0.1, -0.05) is 48.5 Å². The Morgan fingerprint density at radius 2 is 1.86 bits per heavy atom. The molecule has 2 aromatic rings. The number of aromatic nitrogens is 2. The van der Waals surface area contributed by atoms with Crippen molar-refractivity contribution in [1.82, 2.24) is 19.8 Å². The summed E-state index contributed by atoms with van der Waals surface area (Å²) in [5.74, 6) is -0.385. The molecule has 0 saturated heterocycles. The molecule has 156 valence electrons. The molecule has 0 radical (unpaired) electrons. The van der Waals surface area contributed by atoms with Gasteiger partial charge in [-0.05, 0) is 62.7 Å². The molecule has 1 aromatic heterocycles. The van der Waals surface area contributed by atoms with Crippen molar-refractivity contribution in [3.05, 3.63) is 46.5 Å². The summed E-state index contributed by atoms with van der Waals surface area (Å²) in [6.45, 7) is 7.96. The first-order valence-electron chi connectivity index (χ1n) is 10.3. The van der Waals surface area contributed by atoms with E-state index in [1.165, 1.54) is 5.56 Å². The first-order chi connectivity index (χ1) is 13.8. The molecular weight excluding hydrogens is 384 g/mol. The number of rotatable bonds is 6. The summed E-state index contributed by atoms with van der Waals surface area (Å²) in [6.07, 6.45) is 4.85. The Bertz CT molecular complexity index is 821. The van der Waals surface area contributed by atoms with Gasteiger partial charge in [-0.2, -0.15) is 0 Å². The minimum absolute atomic E-state index is 0.0192. The van der Waals surface area contributed by atoms with Crippen LogP contribution in [0.15, 0.2) is 29.6 Å². The van der Waals surface area contributed by atoms with Gasteiger partial charge in [0.2, 0.25) is 5.91 Å². The van der Waals surface area contributed by atoms with Gasteiger partial charge in [-0.25, -0.2) is 0 Å². The molecule has 1 aliphatic carbocycles. The maximum Gasteiger partial charge on any atom is 0.276 e. The minimum Gasteiger partial charge on any atom is -0.349 e. The predicted octanol–water partition coefficient (Wildman–Crippen LogP) is 4.14. The van der Waals surface area contributed by atoms with E-state index in [1.54, 1.807) is 10.3 Å². The van der Waals surface area contributed by atoms with Crippen molar-refractivity contribution >= 4 is 23.3 Å². The minimum atomic E-state index is -0.697. The molecule has 1 aromatic carbocycles. The third kappa shape index (κ3) is 5.21. The van der Waals surface area contributed by atoms with Crippen molar-refractivity contribution < 1.29 is 9.59 Å². The molecule has 6 nitrogen and oxygen atoms in total. The van der Waals surface area contributed by atoms with Crippen LogP contribution in [0, 0.1) is 0 Å². The Morgan fingerprint density at radius 1 is 1.21 bits per heavy atom. The molecule has 29 heavy (non-hydrogen) atoms. The number of nitrogens with zero attached hydrogens (tertiary/aromatic N) is 3. The van der Waals surface area contributed by atoms with Crippen LogP contribution in [-0.4, -0.2) is 37.9 Å². The summed E-state index contributed by atoms with van der Waals surface area (Å²) >= 11 is 1.15. The van der Waals surface area contributed by atoms with E-state index in [4.69, 9.17) is 0 Å². The van der Waals surface area contributed by atoms with Gasteiger partial charge in [0, 0.05) is 17.0 Å². The highest BCUT2D eigenvalue weighted by Crippen LogP contribution is 2.33. The van der Waals surface area contributed by atoms with Gasteiger partial charge in [0.05, 0.1) is 0 Å². The smallest absolute Gasteiger partial charge is 0.276 e. The van der Waals surface area contributed by atoms with E-state index in [9.17, 15) is 9.59 Å². The van der Waals surface area contributed by atoms with Crippen molar-refractivity contribution in [1.29, 1.82) is 0 Å². The first-order valence-corrected chi connectivity index (χ1v) is 11.1. The lowest BCUT2D eigenvalue weighted by atomic mass is 9.97. The average molecular weight is 415 g/mol. The number of nitrogens with one attached hydrogen (secondary N) is 1. The van der Waals surface area contributed by atoms with Crippen molar-refractivity contribution in [3.8, 4) is 0 Å². The molecule has 0 bridgehead atoms. The Hall–Kier alpha value is -2.28. The highest BCUT2D eigenvalue weighted by molar-refractivity contribution is 7.03. The number of amides is 2. The largest absolute Gasteiger partial charge is 0.349 e.